The van der Waals surface area contributed by atoms with E-state index in [1.165, 1.54) is 22.8 Å². The molecule has 0 bridgehead atoms. The molecule has 0 fully saturated rings. The molecule has 7 heteroatoms. The zero-order valence-electron chi connectivity index (χ0n) is 16.7. The van der Waals surface area contributed by atoms with Crippen LogP contribution in [0.25, 0.3) is 10.9 Å². The summed E-state index contributed by atoms with van der Waals surface area (Å²) in [5.41, 5.74) is 2.02. The molecular weight excluding hydrogens is 383 g/mol. The maximum atomic E-state index is 13.4. The third kappa shape index (κ3) is 3.74. The van der Waals surface area contributed by atoms with Gasteiger partial charge in [0, 0.05) is 30.9 Å². The van der Waals surface area contributed by atoms with Crippen molar-refractivity contribution in [3.8, 4) is 0 Å². The van der Waals surface area contributed by atoms with Gasteiger partial charge in [0.25, 0.3) is 5.56 Å². The summed E-state index contributed by atoms with van der Waals surface area (Å²) in [4.78, 5) is 29.9. The summed E-state index contributed by atoms with van der Waals surface area (Å²) in [7, 11) is 1.82. The Morgan fingerprint density at radius 2 is 1.90 bits per heavy atom. The molecule has 0 unspecified atom stereocenters. The average molecular weight is 404 g/mol. The van der Waals surface area contributed by atoms with Crippen molar-refractivity contribution >= 4 is 16.8 Å². The standard InChI is InChI=1S/C23H21FN4O2/c1-15-13-21(30)28(19-6-4-3-5-18(15)19)14-20(29)26-22(23-25-11-12-27(23)2)16-7-9-17(24)10-8-16/h3-13,22H,14H2,1-2H3,(H,26,29)/t22-/m0/s1. The highest BCUT2D eigenvalue weighted by Crippen LogP contribution is 2.21. The number of aromatic nitrogens is 3. The van der Waals surface area contributed by atoms with Crippen molar-refractivity contribution < 1.29 is 9.18 Å². The van der Waals surface area contributed by atoms with Crippen molar-refractivity contribution in [1.29, 1.82) is 0 Å². The van der Waals surface area contributed by atoms with E-state index in [4.69, 9.17) is 0 Å². The summed E-state index contributed by atoms with van der Waals surface area (Å²) in [5, 5.41) is 3.87. The number of imidazole rings is 1. The number of nitrogens with one attached hydrogen (secondary N) is 1. The maximum Gasteiger partial charge on any atom is 0.251 e. The van der Waals surface area contributed by atoms with Crippen LogP contribution in [0.1, 0.15) is 23.0 Å². The van der Waals surface area contributed by atoms with Gasteiger partial charge in [-0.15, -0.1) is 0 Å². The summed E-state index contributed by atoms with van der Waals surface area (Å²) >= 11 is 0. The Kier molecular flexibility index (Phi) is 5.18. The van der Waals surface area contributed by atoms with E-state index in [-0.39, 0.29) is 23.8 Å². The van der Waals surface area contributed by atoms with Gasteiger partial charge in [0.2, 0.25) is 5.91 Å². The maximum absolute atomic E-state index is 13.4. The van der Waals surface area contributed by atoms with E-state index in [2.05, 4.69) is 10.3 Å². The number of halogens is 1. The highest BCUT2D eigenvalue weighted by Gasteiger charge is 2.21. The lowest BCUT2D eigenvalue weighted by Gasteiger charge is -2.20. The van der Waals surface area contributed by atoms with Crippen molar-refractivity contribution in [3.63, 3.8) is 0 Å². The van der Waals surface area contributed by atoms with Crippen LogP contribution in [-0.4, -0.2) is 20.0 Å². The molecule has 30 heavy (non-hydrogen) atoms. The zero-order valence-corrected chi connectivity index (χ0v) is 16.7. The molecule has 0 spiro atoms. The molecule has 1 atom stereocenters. The number of amides is 1. The minimum Gasteiger partial charge on any atom is -0.341 e. The van der Waals surface area contributed by atoms with E-state index in [0.29, 0.717) is 16.9 Å². The fourth-order valence-electron chi connectivity index (χ4n) is 3.62. The lowest BCUT2D eigenvalue weighted by molar-refractivity contribution is -0.122. The number of fused-ring (bicyclic) bond motifs is 1. The fourth-order valence-corrected chi connectivity index (χ4v) is 3.62. The van der Waals surface area contributed by atoms with Gasteiger partial charge >= 0.3 is 0 Å². The second-order valence-electron chi connectivity index (χ2n) is 7.22. The third-order valence-electron chi connectivity index (χ3n) is 5.15. The SMILES string of the molecule is Cc1cc(=O)n(CC(=O)N[C@@H](c2ccc(F)cc2)c2nccn2C)c2ccccc12. The van der Waals surface area contributed by atoms with Crippen LogP contribution >= 0.6 is 0 Å². The predicted octanol–water partition coefficient (Wildman–Crippen LogP) is 3.09. The summed E-state index contributed by atoms with van der Waals surface area (Å²) in [6, 6.07) is 14.4. The quantitative estimate of drug-likeness (QED) is 0.556. The monoisotopic (exact) mass is 404 g/mol. The van der Waals surface area contributed by atoms with Crippen LogP contribution in [0.5, 0.6) is 0 Å². The van der Waals surface area contributed by atoms with E-state index >= 15 is 0 Å². The Hall–Kier alpha value is -3.74. The Morgan fingerprint density at radius 3 is 2.60 bits per heavy atom. The van der Waals surface area contributed by atoms with Crippen LogP contribution in [0.3, 0.4) is 0 Å². The minimum atomic E-state index is -0.578. The third-order valence-corrected chi connectivity index (χ3v) is 5.15. The number of pyridine rings is 1. The number of benzene rings is 2. The Balaban J connectivity index is 1.68. The van der Waals surface area contributed by atoms with Crippen molar-refractivity contribution in [1.82, 2.24) is 19.4 Å². The molecule has 2 aromatic heterocycles. The first-order chi connectivity index (χ1) is 14.4. The van der Waals surface area contributed by atoms with Gasteiger partial charge in [-0.25, -0.2) is 9.37 Å². The molecule has 1 N–H and O–H groups in total. The Labute approximate surface area is 172 Å². The number of carbonyl (C=O) groups is 1. The number of hydrogen-bond donors (Lipinski definition) is 1. The highest BCUT2D eigenvalue weighted by molar-refractivity contribution is 5.84. The van der Waals surface area contributed by atoms with Crippen LogP contribution in [0, 0.1) is 12.7 Å². The Morgan fingerprint density at radius 1 is 1.17 bits per heavy atom. The first-order valence-corrected chi connectivity index (χ1v) is 9.55. The summed E-state index contributed by atoms with van der Waals surface area (Å²) in [5.74, 6) is -0.0964. The number of aryl methyl sites for hydroxylation is 2. The molecule has 0 saturated heterocycles. The molecule has 0 aliphatic carbocycles. The van der Waals surface area contributed by atoms with Crippen molar-refractivity contribution in [2.24, 2.45) is 7.05 Å². The normalized spacial score (nSPS) is 12.1. The number of nitrogens with zero attached hydrogens (tertiary/aromatic N) is 3. The molecular formula is C23H21FN4O2. The largest absolute Gasteiger partial charge is 0.341 e. The molecule has 0 aliphatic rings. The van der Waals surface area contributed by atoms with Gasteiger partial charge in [0.05, 0.1) is 5.52 Å². The Bertz CT molecular complexity index is 1270. The number of rotatable bonds is 5. The molecule has 6 nitrogen and oxygen atoms in total. The van der Waals surface area contributed by atoms with Crippen LogP contribution in [-0.2, 0) is 18.4 Å². The van der Waals surface area contributed by atoms with Crippen molar-refractivity contribution in [2.45, 2.75) is 19.5 Å². The molecule has 152 valence electrons. The van der Waals surface area contributed by atoms with Gasteiger partial charge in [-0.05, 0) is 36.2 Å². The second kappa shape index (κ2) is 7.94. The molecule has 2 aromatic carbocycles. The lowest BCUT2D eigenvalue weighted by atomic mass is 10.1. The topological polar surface area (TPSA) is 68.9 Å². The van der Waals surface area contributed by atoms with E-state index in [9.17, 15) is 14.0 Å². The predicted molar refractivity (Wildman–Crippen MR) is 113 cm³/mol. The number of carbonyl (C=O) groups excluding carboxylic acids is 1. The smallest absolute Gasteiger partial charge is 0.251 e. The van der Waals surface area contributed by atoms with Gasteiger partial charge in [0.1, 0.15) is 24.2 Å². The zero-order chi connectivity index (χ0) is 21.3. The van der Waals surface area contributed by atoms with E-state index in [0.717, 1.165) is 10.9 Å². The summed E-state index contributed by atoms with van der Waals surface area (Å²) in [6.45, 7) is 1.74. The van der Waals surface area contributed by atoms with Crippen molar-refractivity contribution in [2.75, 3.05) is 0 Å². The number of hydrogen-bond acceptors (Lipinski definition) is 3. The van der Waals surface area contributed by atoms with Gasteiger partial charge in [-0.3, -0.25) is 14.2 Å². The fraction of sp³-hybridized carbons (Fsp3) is 0.174. The van der Waals surface area contributed by atoms with Crippen LogP contribution in [0.4, 0.5) is 4.39 Å². The first-order valence-electron chi connectivity index (χ1n) is 9.55. The van der Waals surface area contributed by atoms with E-state index in [1.807, 2.05) is 38.2 Å². The molecule has 4 rings (SSSR count). The van der Waals surface area contributed by atoms with Gasteiger partial charge < -0.3 is 9.88 Å². The van der Waals surface area contributed by atoms with Crippen LogP contribution in [0.2, 0.25) is 0 Å². The van der Waals surface area contributed by atoms with E-state index in [1.54, 1.807) is 29.1 Å². The first kappa shape index (κ1) is 19.6. The van der Waals surface area contributed by atoms with Crippen LogP contribution < -0.4 is 10.9 Å². The molecule has 1 amide bonds. The van der Waals surface area contributed by atoms with E-state index < -0.39 is 6.04 Å². The summed E-state index contributed by atoms with van der Waals surface area (Å²) in [6.07, 6.45) is 3.41. The highest BCUT2D eigenvalue weighted by atomic mass is 19.1. The van der Waals surface area contributed by atoms with Crippen LogP contribution in [0.15, 0.2) is 71.8 Å². The van der Waals surface area contributed by atoms with Gasteiger partial charge in [-0.2, -0.15) is 0 Å². The minimum absolute atomic E-state index is 0.137. The molecule has 4 aromatic rings. The van der Waals surface area contributed by atoms with Gasteiger partial charge in [0.15, 0.2) is 0 Å². The van der Waals surface area contributed by atoms with Gasteiger partial charge in [-0.1, -0.05) is 30.3 Å². The van der Waals surface area contributed by atoms with Crippen molar-refractivity contribution in [3.05, 3.63) is 100 Å². The lowest BCUT2D eigenvalue weighted by Crippen LogP contribution is -2.36. The average Bonchev–Trinajstić information content (AvgIpc) is 3.16. The molecule has 0 aliphatic heterocycles. The molecule has 2 heterocycles. The molecule has 0 saturated carbocycles. The second-order valence-corrected chi connectivity index (χ2v) is 7.22. The molecule has 0 radical (unpaired) electrons. The number of para-hydroxylation sites is 1. The summed E-state index contributed by atoms with van der Waals surface area (Å²) < 4.78 is 16.7.